The van der Waals surface area contributed by atoms with Crippen LogP contribution in [0.5, 0.6) is 17.2 Å². The maximum Gasteiger partial charge on any atom is 0.338 e. The van der Waals surface area contributed by atoms with E-state index in [1.807, 2.05) is 37.3 Å². The number of esters is 1. The molecule has 1 heterocycles. The molecule has 0 saturated carbocycles. The minimum absolute atomic E-state index is 0.206. The van der Waals surface area contributed by atoms with E-state index >= 15 is 0 Å². The van der Waals surface area contributed by atoms with E-state index in [1.54, 1.807) is 45.4 Å². The van der Waals surface area contributed by atoms with E-state index in [9.17, 15) is 4.79 Å². The Morgan fingerprint density at radius 1 is 1.11 bits per heavy atom. The third-order valence-electron chi connectivity index (χ3n) is 6.55. The summed E-state index contributed by atoms with van der Waals surface area (Å²) in [5, 5.41) is 4.62. The highest BCUT2D eigenvalue weighted by Crippen LogP contribution is 2.39. The van der Waals surface area contributed by atoms with Crippen molar-refractivity contribution < 1.29 is 23.7 Å². The highest BCUT2D eigenvalue weighted by molar-refractivity contribution is 7.80. The molecule has 7 nitrogen and oxygen atoms in total. The van der Waals surface area contributed by atoms with E-state index in [4.69, 9.17) is 42.8 Å². The summed E-state index contributed by atoms with van der Waals surface area (Å²) in [6, 6.07) is 16.4. The van der Waals surface area contributed by atoms with Crippen LogP contribution in [0.1, 0.15) is 40.0 Å². The smallest absolute Gasteiger partial charge is 0.338 e. The molecule has 1 atom stereocenters. The first-order chi connectivity index (χ1) is 18.4. The van der Waals surface area contributed by atoms with Gasteiger partial charge >= 0.3 is 5.97 Å². The minimum Gasteiger partial charge on any atom is -0.493 e. The van der Waals surface area contributed by atoms with E-state index in [0.717, 1.165) is 28.8 Å². The number of rotatable bonds is 8. The van der Waals surface area contributed by atoms with E-state index in [0.29, 0.717) is 52.7 Å². The molecular formula is C29H31ClN2O5S. The zero-order valence-corrected chi connectivity index (χ0v) is 23.4. The molecule has 200 valence electrons. The van der Waals surface area contributed by atoms with Crippen molar-refractivity contribution in [2.75, 3.05) is 39.3 Å². The Morgan fingerprint density at radius 2 is 1.82 bits per heavy atom. The Balaban J connectivity index is 1.62. The summed E-state index contributed by atoms with van der Waals surface area (Å²) in [6.45, 7) is 5.06. The van der Waals surface area contributed by atoms with Crippen LogP contribution in [0.25, 0.3) is 0 Å². The van der Waals surface area contributed by atoms with Crippen molar-refractivity contribution >= 4 is 40.6 Å². The molecule has 0 bridgehead atoms. The monoisotopic (exact) mass is 554 g/mol. The highest BCUT2D eigenvalue weighted by atomic mass is 35.5. The van der Waals surface area contributed by atoms with Gasteiger partial charge in [-0.25, -0.2) is 4.79 Å². The molecular weight excluding hydrogens is 524 g/mol. The number of nitrogens with zero attached hydrogens (tertiary/aromatic N) is 1. The number of carbonyl (C=O) groups excluding carboxylic acids is 1. The summed E-state index contributed by atoms with van der Waals surface area (Å²) < 4.78 is 22.4. The number of thiocarbonyl (C=S) groups is 1. The first kappa shape index (κ1) is 27.5. The van der Waals surface area contributed by atoms with Crippen molar-refractivity contribution in [1.82, 2.24) is 4.90 Å². The quantitative estimate of drug-likeness (QED) is 0.260. The van der Waals surface area contributed by atoms with Gasteiger partial charge in [0.2, 0.25) is 0 Å². The van der Waals surface area contributed by atoms with Crippen LogP contribution in [-0.4, -0.2) is 50.0 Å². The maximum absolute atomic E-state index is 12.0. The summed E-state index contributed by atoms with van der Waals surface area (Å²) in [5.41, 5.74) is 4.45. The highest BCUT2D eigenvalue weighted by Gasteiger charge is 2.31. The first-order valence-corrected chi connectivity index (χ1v) is 13.1. The molecule has 1 N–H and O–H groups in total. The minimum atomic E-state index is -0.361. The lowest BCUT2D eigenvalue weighted by Gasteiger charge is -2.39. The van der Waals surface area contributed by atoms with Crippen molar-refractivity contribution in [3.05, 3.63) is 81.9 Å². The van der Waals surface area contributed by atoms with Gasteiger partial charge in [0, 0.05) is 17.3 Å². The average molecular weight is 555 g/mol. The first-order valence-electron chi connectivity index (χ1n) is 12.3. The van der Waals surface area contributed by atoms with Gasteiger partial charge in [-0.1, -0.05) is 17.7 Å². The van der Waals surface area contributed by atoms with Gasteiger partial charge < -0.3 is 29.2 Å². The average Bonchev–Trinajstić information content (AvgIpc) is 2.93. The second-order valence-electron chi connectivity index (χ2n) is 8.76. The predicted molar refractivity (Wildman–Crippen MR) is 153 cm³/mol. The molecule has 0 spiro atoms. The van der Waals surface area contributed by atoms with Gasteiger partial charge in [-0.05, 0) is 97.7 Å². The van der Waals surface area contributed by atoms with Crippen molar-refractivity contribution in [3.63, 3.8) is 0 Å². The zero-order chi connectivity index (χ0) is 27.2. The van der Waals surface area contributed by atoms with Crippen LogP contribution >= 0.6 is 23.8 Å². The van der Waals surface area contributed by atoms with Gasteiger partial charge in [0.05, 0.1) is 32.4 Å². The van der Waals surface area contributed by atoms with E-state index in [1.165, 1.54) is 0 Å². The Labute approximate surface area is 233 Å². The van der Waals surface area contributed by atoms with E-state index < -0.39 is 0 Å². The molecule has 3 aromatic carbocycles. The summed E-state index contributed by atoms with van der Waals surface area (Å²) in [7, 11) is 3.25. The summed E-state index contributed by atoms with van der Waals surface area (Å²) in [5.74, 6) is 1.60. The Bertz CT molecular complexity index is 1320. The summed E-state index contributed by atoms with van der Waals surface area (Å²) in [4.78, 5) is 14.1. The Morgan fingerprint density at radius 3 is 2.50 bits per heavy atom. The fraction of sp³-hybridized carbons (Fsp3) is 0.310. The van der Waals surface area contributed by atoms with Crippen LogP contribution in [0.4, 0.5) is 5.69 Å². The SMILES string of the molecule is CCOC(=O)c1ccc(OCC2c3cc(OC)c(OC)cc3CCN2C(=S)Nc2cccc(Cl)c2C)cc1. The number of hydrogen-bond acceptors (Lipinski definition) is 6. The molecule has 1 unspecified atom stereocenters. The second-order valence-corrected chi connectivity index (χ2v) is 9.56. The molecule has 0 aromatic heterocycles. The molecule has 1 aliphatic heterocycles. The van der Waals surface area contributed by atoms with Crippen molar-refractivity contribution in [3.8, 4) is 17.2 Å². The molecule has 4 rings (SSSR count). The Kier molecular flexibility index (Phi) is 8.97. The number of carbonyl (C=O) groups is 1. The maximum atomic E-state index is 12.0. The molecule has 38 heavy (non-hydrogen) atoms. The zero-order valence-electron chi connectivity index (χ0n) is 21.9. The number of ether oxygens (including phenoxy) is 4. The van der Waals surface area contributed by atoms with Gasteiger partial charge in [0.1, 0.15) is 12.4 Å². The predicted octanol–water partition coefficient (Wildman–Crippen LogP) is 6.22. The molecule has 0 aliphatic carbocycles. The number of hydrogen-bond donors (Lipinski definition) is 1. The summed E-state index contributed by atoms with van der Waals surface area (Å²) in [6.07, 6.45) is 0.775. The molecule has 0 amide bonds. The van der Waals surface area contributed by atoms with Gasteiger partial charge in [-0.3, -0.25) is 0 Å². The van der Waals surface area contributed by atoms with Crippen LogP contribution in [-0.2, 0) is 11.2 Å². The third kappa shape index (κ3) is 5.97. The molecule has 3 aromatic rings. The van der Waals surface area contributed by atoms with Gasteiger partial charge in [-0.2, -0.15) is 0 Å². The second kappa shape index (κ2) is 12.4. The van der Waals surface area contributed by atoms with Crippen LogP contribution in [0.2, 0.25) is 5.02 Å². The van der Waals surface area contributed by atoms with Crippen LogP contribution in [0.3, 0.4) is 0 Å². The molecule has 9 heteroatoms. The van der Waals surface area contributed by atoms with E-state index in [-0.39, 0.29) is 12.0 Å². The van der Waals surface area contributed by atoms with Crippen molar-refractivity contribution in [2.45, 2.75) is 26.3 Å². The number of halogens is 1. The number of methoxy groups -OCH3 is 2. The number of benzene rings is 3. The third-order valence-corrected chi connectivity index (χ3v) is 7.29. The fourth-order valence-electron chi connectivity index (χ4n) is 4.46. The van der Waals surface area contributed by atoms with Crippen LogP contribution in [0.15, 0.2) is 54.6 Å². The molecule has 0 saturated heterocycles. The van der Waals surface area contributed by atoms with Crippen LogP contribution < -0.4 is 19.5 Å². The van der Waals surface area contributed by atoms with Gasteiger partial charge in [-0.15, -0.1) is 0 Å². The topological polar surface area (TPSA) is 69.3 Å². The van der Waals surface area contributed by atoms with E-state index in [2.05, 4.69) is 10.2 Å². The molecule has 0 radical (unpaired) electrons. The molecule has 0 fully saturated rings. The fourth-order valence-corrected chi connectivity index (χ4v) is 4.96. The lowest BCUT2D eigenvalue weighted by molar-refractivity contribution is 0.0526. The van der Waals surface area contributed by atoms with Gasteiger partial charge in [0.15, 0.2) is 16.6 Å². The molecule has 1 aliphatic rings. The largest absolute Gasteiger partial charge is 0.493 e. The van der Waals surface area contributed by atoms with Gasteiger partial charge in [0.25, 0.3) is 0 Å². The Hall–Kier alpha value is -3.49. The standard InChI is InChI=1S/C29H31ClN2O5S/c1-5-36-28(33)19-9-11-21(12-10-19)37-17-25-22-16-27(35-4)26(34-3)15-20(22)13-14-32(25)29(38)31-24-8-6-7-23(30)18(24)2/h6-12,15-16,25H,5,13-14,17H2,1-4H3,(H,31,38). The van der Waals surface area contributed by atoms with Crippen LogP contribution in [0, 0.1) is 6.92 Å². The number of anilines is 1. The normalized spacial score (nSPS) is 14.3. The summed E-state index contributed by atoms with van der Waals surface area (Å²) >= 11 is 12.2. The number of nitrogens with one attached hydrogen (secondary N) is 1. The van der Waals surface area contributed by atoms with Crippen molar-refractivity contribution in [2.24, 2.45) is 0 Å². The number of fused-ring (bicyclic) bond motifs is 1. The van der Waals surface area contributed by atoms with Crippen molar-refractivity contribution in [1.29, 1.82) is 0 Å². The lowest BCUT2D eigenvalue weighted by Crippen LogP contribution is -2.44. The lowest BCUT2D eigenvalue weighted by atomic mass is 9.92.